The maximum absolute atomic E-state index is 11.8. The van der Waals surface area contributed by atoms with Crippen molar-refractivity contribution in [2.75, 3.05) is 13.1 Å². The molecule has 1 rings (SSSR count). The van der Waals surface area contributed by atoms with E-state index >= 15 is 0 Å². The molecule has 0 aromatic rings. The molecule has 2 atom stereocenters. The van der Waals surface area contributed by atoms with Crippen LogP contribution >= 0.6 is 0 Å². The first-order valence-electron chi connectivity index (χ1n) is 5.55. The number of nitrogens with two attached hydrogens (primary N) is 1. The van der Waals surface area contributed by atoms with Gasteiger partial charge in [-0.15, -0.1) is 0 Å². The van der Waals surface area contributed by atoms with Crippen LogP contribution in [0.4, 0.5) is 0 Å². The van der Waals surface area contributed by atoms with Gasteiger partial charge in [-0.25, -0.2) is 0 Å². The minimum absolute atomic E-state index is 0.142. The monoisotopic (exact) mass is 198 g/mol. The lowest BCUT2D eigenvalue weighted by atomic mass is 10.0. The van der Waals surface area contributed by atoms with Gasteiger partial charge in [0.05, 0.1) is 6.04 Å². The Balaban J connectivity index is 2.40. The number of carbonyl (C=O) groups is 1. The van der Waals surface area contributed by atoms with Crippen LogP contribution in [-0.2, 0) is 4.79 Å². The Labute approximate surface area is 86.6 Å². The summed E-state index contributed by atoms with van der Waals surface area (Å²) in [6.45, 7) is 8.16. The van der Waals surface area contributed by atoms with Crippen LogP contribution in [0.5, 0.6) is 0 Å². The minimum Gasteiger partial charge on any atom is -0.341 e. The summed E-state index contributed by atoms with van der Waals surface area (Å²) in [5.41, 5.74) is 5.85. The predicted molar refractivity (Wildman–Crippen MR) is 57.8 cm³/mol. The summed E-state index contributed by atoms with van der Waals surface area (Å²) in [6.07, 6.45) is 1.92. The predicted octanol–water partition coefficient (Wildman–Crippen LogP) is 1.23. The summed E-state index contributed by atoms with van der Waals surface area (Å²) < 4.78 is 0. The fourth-order valence-corrected chi connectivity index (χ4v) is 1.98. The molecule has 0 aromatic carbocycles. The molecule has 1 unspecified atom stereocenters. The van der Waals surface area contributed by atoms with Gasteiger partial charge in [-0.2, -0.15) is 0 Å². The van der Waals surface area contributed by atoms with E-state index in [4.69, 9.17) is 5.73 Å². The molecule has 82 valence electrons. The number of hydrogen-bond acceptors (Lipinski definition) is 2. The fourth-order valence-electron chi connectivity index (χ4n) is 1.98. The molecule has 0 radical (unpaired) electrons. The summed E-state index contributed by atoms with van der Waals surface area (Å²) >= 11 is 0. The first-order valence-corrected chi connectivity index (χ1v) is 5.55. The smallest absolute Gasteiger partial charge is 0.239 e. The van der Waals surface area contributed by atoms with Crippen molar-refractivity contribution < 1.29 is 4.79 Å². The highest BCUT2D eigenvalue weighted by molar-refractivity contribution is 5.81. The van der Waals surface area contributed by atoms with Gasteiger partial charge in [0, 0.05) is 13.1 Å². The lowest BCUT2D eigenvalue weighted by molar-refractivity contribution is -0.132. The number of rotatable bonds is 3. The standard InChI is InChI=1S/C11H22N2O/c1-8(2)6-10(12)11(14)13-5-4-9(3)7-13/h8-10H,4-7,12H2,1-3H3/t9?,10-/m0/s1. The second-order valence-corrected chi connectivity index (χ2v) is 4.91. The average Bonchev–Trinajstić information content (AvgIpc) is 2.49. The summed E-state index contributed by atoms with van der Waals surface area (Å²) in [5.74, 6) is 1.28. The van der Waals surface area contributed by atoms with Gasteiger partial charge in [-0.3, -0.25) is 4.79 Å². The Morgan fingerprint density at radius 1 is 1.57 bits per heavy atom. The summed E-state index contributed by atoms with van der Waals surface area (Å²) in [5, 5.41) is 0. The van der Waals surface area contributed by atoms with Crippen molar-refractivity contribution in [2.24, 2.45) is 17.6 Å². The number of nitrogens with zero attached hydrogens (tertiary/aromatic N) is 1. The van der Waals surface area contributed by atoms with Gasteiger partial charge < -0.3 is 10.6 Å². The SMILES string of the molecule is CC(C)C[C@H](N)C(=O)N1CCC(C)C1. The van der Waals surface area contributed by atoms with Crippen LogP contribution in [0.25, 0.3) is 0 Å². The van der Waals surface area contributed by atoms with Gasteiger partial charge in [0.1, 0.15) is 0 Å². The van der Waals surface area contributed by atoms with E-state index in [0.717, 1.165) is 25.9 Å². The highest BCUT2D eigenvalue weighted by atomic mass is 16.2. The molecule has 1 aliphatic heterocycles. The maximum atomic E-state index is 11.8. The van der Waals surface area contributed by atoms with E-state index in [9.17, 15) is 4.79 Å². The number of carbonyl (C=O) groups excluding carboxylic acids is 1. The second kappa shape index (κ2) is 4.78. The molecule has 1 amide bonds. The molecule has 2 N–H and O–H groups in total. The Bertz CT molecular complexity index is 203. The second-order valence-electron chi connectivity index (χ2n) is 4.91. The zero-order chi connectivity index (χ0) is 10.7. The molecule has 0 bridgehead atoms. The van der Waals surface area contributed by atoms with Crippen molar-refractivity contribution in [3.05, 3.63) is 0 Å². The van der Waals surface area contributed by atoms with Gasteiger partial charge in [-0.1, -0.05) is 20.8 Å². The zero-order valence-corrected chi connectivity index (χ0v) is 9.49. The third-order valence-corrected chi connectivity index (χ3v) is 2.78. The van der Waals surface area contributed by atoms with Crippen molar-refractivity contribution in [1.82, 2.24) is 4.90 Å². The average molecular weight is 198 g/mol. The largest absolute Gasteiger partial charge is 0.341 e. The van der Waals surface area contributed by atoms with Crippen LogP contribution in [0.1, 0.15) is 33.6 Å². The van der Waals surface area contributed by atoms with Crippen LogP contribution < -0.4 is 5.73 Å². The minimum atomic E-state index is -0.291. The van der Waals surface area contributed by atoms with Crippen LogP contribution in [0, 0.1) is 11.8 Å². The zero-order valence-electron chi connectivity index (χ0n) is 9.49. The van der Waals surface area contributed by atoms with Gasteiger partial charge in [0.15, 0.2) is 0 Å². The van der Waals surface area contributed by atoms with Crippen LogP contribution in [-0.4, -0.2) is 29.9 Å². The van der Waals surface area contributed by atoms with Crippen molar-refractivity contribution in [1.29, 1.82) is 0 Å². The van der Waals surface area contributed by atoms with E-state index < -0.39 is 0 Å². The molecule has 0 spiro atoms. The van der Waals surface area contributed by atoms with Gasteiger partial charge >= 0.3 is 0 Å². The number of amides is 1. The van der Waals surface area contributed by atoms with Gasteiger partial charge in [0.25, 0.3) is 0 Å². The van der Waals surface area contributed by atoms with Crippen LogP contribution in [0.2, 0.25) is 0 Å². The Morgan fingerprint density at radius 2 is 2.21 bits per heavy atom. The van der Waals surface area contributed by atoms with E-state index in [1.165, 1.54) is 0 Å². The molecule has 3 heteroatoms. The lowest BCUT2D eigenvalue weighted by Gasteiger charge is -2.21. The van der Waals surface area contributed by atoms with Gasteiger partial charge in [0.2, 0.25) is 5.91 Å². The normalized spacial score (nSPS) is 24.4. The molecule has 1 aliphatic rings. The molecular formula is C11H22N2O. The molecule has 3 nitrogen and oxygen atoms in total. The molecule has 1 saturated heterocycles. The van der Waals surface area contributed by atoms with E-state index in [0.29, 0.717) is 11.8 Å². The van der Waals surface area contributed by atoms with E-state index in [1.807, 2.05) is 4.90 Å². The van der Waals surface area contributed by atoms with Crippen molar-refractivity contribution in [3.63, 3.8) is 0 Å². The van der Waals surface area contributed by atoms with Gasteiger partial charge in [-0.05, 0) is 24.7 Å². The number of likely N-dealkylation sites (tertiary alicyclic amines) is 1. The molecular weight excluding hydrogens is 176 g/mol. The van der Waals surface area contributed by atoms with Crippen LogP contribution in [0.3, 0.4) is 0 Å². The van der Waals surface area contributed by atoms with Crippen molar-refractivity contribution >= 4 is 5.91 Å². The fraction of sp³-hybridized carbons (Fsp3) is 0.909. The van der Waals surface area contributed by atoms with Crippen molar-refractivity contribution in [3.8, 4) is 0 Å². The molecule has 14 heavy (non-hydrogen) atoms. The molecule has 0 aliphatic carbocycles. The summed E-state index contributed by atoms with van der Waals surface area (Å²) in [4.78, 5) is 13.7. The van der Waals surface area contributed by atoms with E-state index in [1.54, 1.807) is 0 Å². The summed E-state index contributed by atoms with van der Waals surface area (Å²) in [6, 6.07) is -0.291. The Morgan fingerprint density at radius 3 is 2.64 bits per heavy atom. The highest BCUT2D eigenvalue weighted by Crippen LogP contribution is 2.16. The number of hydrogen-bond donors (Lipinski definition) is 1. The van der Waals surface area contributed by atoms with Crippen LogP contribution in [0.15, 0.2) is 0 Å². The first-order chi connectivity index (χ1) is 6.50. The quantitative estimate of drug-likeness (QED) is 0.741. The Hall–Kier alpha value is -0.570. The summed E-state index contributed by atoms with van der Waals surface area (Å²) in [7, 11) is 0. The molecule has 1 fully saturated rings. The molecule has 0 aromatic heterocycles. The van der Waals surface area contributed by atoms with E-state index in [2.05, 4.69) is 20.8 Å². The van der Waals surface area contributed by atoms with Crippen molar-refractivity contribution in [2.45, 2.75) is 39.7 Å². The third-order valence-electron chi connectivity index (χ3n) is 2.78. The first kappa shape index (κ1) is 11.5. The molecule has 0 saturated carbocycles. The molecule has 1 heterocycles. The van der Waals surface area contributed by atoms with E-state index in [-0.39, 0.29) is 11.9 Å². The topological polar surface area (TPSA) is 46.3 Å². The Kier molecular flexibility index (Phi) is 3.93. The highest BCUT2D eigenvalue weighted by Gasteiger charge is 2.27. The third kappa shape index (κ3) is 2.98. The lowest BCUT2D eigenvalue weighted by Crippen LogP contribution is -2.43. The maximum Gasteiger partial charge on any atom is 0.239 e.